The van der Waals surface area contributed by atoms with Crippen LogP contribution in [0, 0.1) is 0 Å². The van der Waals surface area contributed by atoms with Gasteiger partial charge in [0.25, 0.3) is 5.56 Å². The highest BCUT2D eigenvalue weighted by Gasteiger charge is 2.25. The van der Waals surface area contributed by atoms with E-state index in [1.54, 1.807) is 18.3 Å². The fraction of sp³-hybridized carbons (Fsp3) is 0.276. The number of benzene rings is 2. The molecule has 1 fully saturated rings. The summed E-state index contributed by atoms with van der Waals surface area (Å²) in [4.78, 5) is 33.6. The SMILES string of the molecule is O=c1ccc2c(c1)oc1c(-c3ccc4ncccc4c3)c3c(=O)[nH]n(C4CCCCCCC4)c3[nH]c12. The van der Waals surface area contributed by atoms with Crippen LogP contribution in [0.5, 0.6) is 0 Å². The van der Waals surface area contributed by atoms with Crippen molar-refractivity contribution in [2.45, 2.75) is 51.0 Å². The summed E-state index contributed by atoms with van der Waals surface area (Å²) in [7, 11) is 0. The Balaban J connectivity index is 1.58. The second-order valence-electron chi connectivity index (χ2n) is 9.91. The first-order valence-electron chi connectivity index (χ1n) is 12.8. The average Bonchev–Trinajstić information content (AvgIpc) is 3.39. The molecule has 7 heteroatoms. The minimum Gasteiger partial charge on any atom is -0.454 e. The minimum atomic E-state index is -0.142. The lowest BCUT2D eigenvalue weighted by atomic mass is 9.96. The van der Waals surface area contributed by atoms with Crippen molar-refractivity contribution in [3.8, 4) is 11.1 Å². The summed E-state index contributed by atoms with van der Waals surface area (Å²) in [6.07, 6.45) is 9.90. The lowest BCUT2D eigenvalue weighted by Crippen LogP contribution is -2.15. The Bertz CT molecular complexity index is 1880. The summed E-state index contributed by atoms with van der Waals surface area (Å²) in [6, 6.07) is 15.0. The molecular weight excluding hydrogens is 452 g/mol. The first kappa shape index (κ1) is 21.2. The number of furan rings is 1. The molecule has 2 aromatic carbocycles. The molecule has 0 saturated heterocycles. The molecule has 180 valence electrons. The quantitative estimate of drug-likeness (QED) is 0.300. The summed E-state index contributed by atoms with van der Waals surface area (Å²) >= 11 is 0. The van der Waals surface area contributed by atoms with Gasteiger partial charge in [-0.1, -0.05) is 44.2 Å². The molecule has 36 heavy (non-hydrogen) atoms. The van der Waals surface area contributed by atoms with Gasteiger partial charge in [0.15, 0.2) is 11.0 Å². The van der Waals surface area contributed by atoms with E-state index < -0.39 is 0 Å². The minimum absolute atomic E-state index is 0.110. The van der Waals surface area contributed by atoms with E-state index in [1.807, 2.05) is 24.3 Å². The lowest BCUT2D eigenvalue weighted by molar-refractivity contribution is 0.353. The Kier molecular flexibility index (Phi) is 4.84. The summed E-state index contributed by atoms with van der Waals surface area (Å²) in [6.45, 7) is 0. The first-order valence-corrected chi connectivity index (χ1v) is 12.8. The van der Waals surface area contributed by atoms with Crippen molar-refractivity contribution in [2.24, 2.45) is 0 Å². The molecule has 0 unspecified atom stereocenters. The standard InChI is InChI=1S/C29H26N4O3/c34-20-11-12-21-23(16-20)36-27-24(18-10-13-22-17(15-18)7-6-14-30-22)25-28(31-26(21)27)33(32-29(25)35)19-8-4-2-1-3-5-9-19/h6-7,10-16,19,31H,1-5,8-9H2,(H,32,35). The molecule has 4 aromatic heterocycles. The molecule has 0 spiro atoms. The second kappa shape index (κ2) is 8.22. The fourth-order valence-corrected chi connectivity index (χ4v) is 5.89. The molecule has 0 atom stereocenters. The molecular formula is C29H26N4O3. The molecule has 1 saturated carbocycles. The highest BCUT2D eigenvalue weighted by molar-refractivity contribution is 6.14. The van der Waals surface area contributed by atoms with Gasteiger partial charge in [-0.05, 0) is 48.7 Å². The highest BCUT2D eigenvalue weighted by atomic mass is 16.3. The summed E-state index contributed by atoms with van der Waals surface area (Å²) < 4.78 is 8.33. The number of aromatic amines is 2. The molecule has 0 amide bonds. The smallest absolute Gasteiger partial charge is 0.274 e. The van der Waals surface area contributed by atoms with Crippen molar-refractivity contribution < 1.29 is 4.42 Å². The predicted molar refractivity (Wildman–Crippen MR) is 143 cm³/mol. The molecule has 7 nitrogen and oxygen atoms in total. The number of aromatic nitrogens is 4. The van der Waals surface area contributed by atoms with Crippen molar-refractivity contribution >= 4 is 44.0 Å². The normalized spacial score (nSPS) is 15.7. The number of nitrogens with zero attached hydrogens (tertiary/aromatic N) is 2. The largest absolute Gasteiger partial charge is 0.454 e. The van der Waals surface area contributed by atoms with Gasteiger partial charge in [0, 0.05) is 28.6 Å². The van der Waals surface area contributed by atoms with Crippen LogP contribution in [0.3, 0.4) is 0 Å². The van der Waals surface area contributed by atoms with Crippen LogP contribution in [-0.4, -0.2) is 19.7 Å². The predicted octanol–water partition coefficient (Wildman–Crippen LogP) is 6.42. The van der Waals surface area contributed by atoms with Gasteiger partial charge < -0.3 is 9.40 Å². The van der Waals surface area contributed by atoms with Crippen LogP contribution in [0.4, 0.5) is 0 Å². The molecule has 4 heterocycles. The van der Waals surface area contributed by atoms with Crippen molar-refractivity contribution in [1.82, 2.24) is 19.7 Å². The Morgan fingerprint density at radius 1 is 0.944 bits per heavy atom. The molecule has 2 N–H and O–H groups in total. The average molecular weight is 479 g/mol. The van der Waals surface area contributed by atoms with Gasteiger partial charge in [0.2, 0.25) is 0 Å². The summed E-state index contributed by atoms with van der Waals surface area (Å²) in [5, 5.41) is 5.55. The number of fused-ring (bicyclic) bond motifs is 5. The second-order valence-corrected chi connectivity index (χ2v) is 9.91. The number of hydrogen-bond acceptors (Lipinski definition) is 4. The van der Waals surface area contributed by atoms with Crippen LogP contribution in [0.1, 0.15) is 51.0 Å². The molecule has 0 bridgehead atoms. The van der Waals surface area contributed by atoms with Crippen LogP contribution in [0.25, 0.3) is 55.1 Å². The monoisotopic (exact) mass is 478 g/mol. The van der Waals surface area contributed by atoms with Gasteiger partial charge in [0.1, 0.15) is 11.2 Å². The third-order valence-electron chi connectivity index (χ3n) is 7.64. The van der Waals surface area contributed by atoms with Crippen LogP contribution in [0.2, 0.25) is 0 Å². The number of nitrogens with one attached hydrogen (secondary N) is 2. The summed E-state index contributed by atoms with van der Waals surface area (Å²) in [5.74, 6) is 0. The summed E-state index contributed by atoms with van der Waals surface area (Å²) in [5.41, 5.74) is 4.90. The number of H-pyrrole nitrogens is 2. The number of pyridine rings is 2. The van der Waals surface area contributed by atoms with E-state index in [2.05, 4.69) is 25.8 Å². The van der Waals surface area contributed by atoms with E-state index in [0.717, 1.165) is 64.3 Å². The molecule has 7 rings (SSSR count). The van der Waals surface area contributed by atoms with E-state index in [9.17, 15) is 9.59 Å². The van der Waals surface area contributed by atoms with Crippen LogP contribution < -0.4 is 11.0 Å². The molecule has 1 aliphatic carbocycles. The van der Waals surface area contributed by atoms with Crippen molar-refractivity contribution in [3.05, 3.63) is 75.3 Å². The zero-order valence-corrected chi connectivity index (χ0v) is 19.8. The zero-order valence-electron chi connectivity index (χ0n) is 19.8. The molecule has 0 aliphatic heterocycles. The molecule has 6 aromatic rings. The van der Waals surface area contributed by atoms with E-state index in [4.69, 9.17) is 4.42 Å². The molecule has 1 aliphatic rings. The lowest BCUT2D eigenvalue weighted by Gasteiger charge is -2.21. The van der Waals surface area contributed by atoms with Gasteiger partial charge in [-0.3, -0.25) is 24.4 Å². The van der Waals surface area contributed by atoms with Crippen LogP contribution in [0.15, 0.2) is 68.7 Å². The highest BCUT2D eigenvalue weighted by Crippen LogP contribution is 2.40. The molecule has 0 radical (unpaired) electrons. The number of hydrogen-bond donors (Lipinski definition) is 2. The van der Waals surface area contributed by atoms with Crippen molar-refractivity contribution in [1.29, 1.82) is 0 Å². The Morgan fingerprint density at radius 3 is 2.64 bits per heavy atom. The Morgan fingerprint density at radius 2 is 1.78 bits per heavy atom. The van der Waals surface area contributed by atoms with E-state index >= 15 is 0 Å². The zero-order chi connectivity index (χ0) is 24.2. The van der Waals surface area contributed by atoms with Gasteiger partial charge in [0.05, 0.1) is 22.5 Å². The number of rotatable bonds is 2. The van der Waals surface area contributed by atoms with Crippen molar-refractivity contribution in [2.75, 3.05) is 0 Å². The van der Waals surface area contributed by atoms with E-state index in [1.165, 1.54) is 25.3 Å². The third kappa shape index (κ3) is 3.30. The van der Waals surface area contributed by atoms with Crippen molar-refractivity contribution in [3.63, 3.8) is 0 Å². The maximum absolute atomic E-state index is 13.6. The van der Waals surface area contributed by atoms with Gasteiger partial charge >= 0.3 is 0 Å². The van der Waals surface area contributed by atoms with Crippen LogP contribution in [-0.2, 0) is 0 Å². The third-order valence-corrected chi connectivity index (χ3v) is 7.64. The Labute approximate surface area is 205 Å². The van der Waals surface area contributed by atoms with E-state index in [-0.39, 0.29) is 17.0 Å². The topological polar surface area (TPSA) is 96.7 Å². The Hall–Kier alpha value is -4.13. The first-order chi connectivity index (χ1) is 17.7. The van der Waals surface area contributed by atoms with Gasteiger partial charge in [-0.15, -0.1) is 0 Å². The fourth-order valence-electron chi connectivity index (χ4n) is 5.89. The van der Waals surface area contributed by atoms with Gasteiger partial charge in [-0.25, -0.2) is 0 Å². The van der Waals surface area contributed by atoms with Gasteiger partial charge in [-0.2, -0.15) is 0 Å². The maximum atomic E-state index is 13.6. The van der Waals surface area contributed by atoms with Crippen LogP contribution >= 0.6 is 0 Å². The maximum Gasteiger partial charge on any atom is 0.274 e. The van der Waals surface area contributed by atoms with E-state index in [0.29, 0.717) is 16.6 Å².